The quantitative estimate of drug-likeness (QED) is 0.687. The summed E-state index contributed by atoms with van der Waals surface area (Å²) in [6, 6.07) is 20.1. The molecule has 150 valence electrons. The van der Waals surface area contributed by atoms with Gasteiger partial charge >= 0.3 is 0 Å². The number of methoxy groups -OCH3 is 1. The molecule has 0 unspecified atom stereocenters. The summed E-state index contributed by atoms with van der Waals surface area (Å²) in [6.07, 6.45) is 0. The third-order valence-corrected chi connectivity index (χ3v) is 5.27. The van der Waals surface area contributed by atoms with Crippen molar-refractivity contribution in [2.45, 2.75) is 6.92 Å². The molecule has 6 nitrogen and oxygen atoms in total. The first-order valence-corrected chi connectivity index (χ1v) is 10.1. The minimum Gasteiger partial charge on any atom is -0.497 e. The van der Waals surface area contributed by atoms with Crippen molar-refractivity contribution in [3.63, 3.8) is 0 Å². The number of likely N-dealkylation sites (N-methyl/N-ethyl adjacent to an activating group) is 1. The van der Waals surface area contributed by atoms with E-state index < -0.39 is 0 Å². The van der Waals surface area contributed by atoms with E-state index in [9.17, 15) is 0 Å². The summed E-state index contributed by atoms with van der Waals surface area (Å²) in [6.45, 7) is 7.37. The van der Waals surface area contributed by atoms with Gasteiger partial charge in [-0.25, -0.2) is 4.98 Å². The van der Waals surface area contributed by atoms with E-state index in [0.717, 1.165) is 61.2 Å². The van der Waals surface area contributed by atoms with Gasteiger partial charge in [-0.05, 0) is 30.8 Å². The van der Waals surface area contributed by atoms with Gasteiger partial charge in [0.25, 0.3) is 0 Å². The molecule has 0 bridgehead atoms. The first-order valence-electron chi connectivity index (χ1n) is 10.1. The average molecular weight is 390 g/mol. The molecular formula is C23H27N5O. The predicted molar refractivity (Wildman–Crippen MR) is 118 cm³/mol. The number of nitrogens with one attached hydrogen (secondary N) is 1. The summed E-state index contributed by atoms with van der Waals surface area (Å²) in [7, 11) is 1.67. The second-order valence-corrected chi connectivity index (χ2v) is 7.08. The van der Waals surface area contributed by atoms with Gasteiger partial charge in [0.05, 0.1) is 12.8 Å². The second kappa shape index (κ2) is 8.92. The Kier molecular flexibility index (Phi) is 5.91. The Morgan fingerprint density at radius 2 is 1.66 bits per heavy atom. The zero-order valence-corrected chi connectivity index (χ0v) is 17.0. The van der Waals surface area contributed by atoms with Gasteiger partial charge in [-0.3, -0.25) is 0 Å². The number of piperazine rings is 1. The number of rotatable bonds is 6. The minimum atomic E-state index is 0.601. The van der Waals surface area contributed by atoms with Crippen molar-refractivity contribution < 1.29 is 4.74 Å². The van der Waals surface area contributed by atoms with Crippen LogP contribution in [0.3, 0.4) is 0 Å². The highest BCUT2D eigenvalue weighted by Crippen LogP contribution is 2.26. The van der Waals surface area contributed by atoms with Gasteiger partial charge in [0, 0.05) is 43.5 Å². The van der Waals surface area contributed by atoms with Crippen LogP contribution in [0.4, 0.5) is 17.5 Å². The summed E-state index contributed by atoms with van der Waals surface area (Å²) in [4.78, 5) is 14.4. The van der Waals surface area contributed by atoms with Gasteiger partial charge in [0.2, 0.25) is 5.95 Å². The van der Waals surface area contributed by atoms with Crippen LogP contribution in [0.2, 0.25) is 0 Å². The van der Waals surface area contributed by atoms with Crippen LogP contribution in [0.25, 0.3) is 11.3 Å². The molecule has 0 radical (unpaired) electrons. The molecule has 1 fully saturated rings. The molecule has 1 aromatic heterocycles. The largest absolute Gasteiger partial charge is 0.497 e. The molecule has 2 aromatic carbocycles. The van der Waals surface area contributed by atoms with E-state index in [1.807, 2.05) is 42.5 Å². The minimum absolute atomic E-state index is 0.601. The molecule has 6 heteroatoms. The van der Waals surface area contributed by atoms with Gasteiger partial charge in [0.1, 0.15) is 11.6 Å². The van der Waals surface area contributed by atoms with Crippen LogP contribution >= 0.6 is 0 Å². The third-order valence-electron chi connectivity index (χ3n) is 5.27. The molecule has 0 saturated carbocycles. The highest BCUT2D eigenvalue weighted by Gasteiger charge is 2.19. The summed E-state index contributed by atoms with van der Waals surface area (Å²) in [5.41, 5.74) is 2.93. The average Bonchev–Trinajstić information content (AvgIpc) is 2.80. The lowest BCUT2D eigenvalue weighted by molar-refractivity contribution is 0.270. The molecular weight excluding hydrogens is 362 g/mol. The fourth-order valence-electron chi connectivity index (χ4n) is 3.51. The number of hydrogen-bond acceptors (Lipinski definition) is 6. The molecule has 29 heavy (non-hydrogen) atoms. The lowest BCUT2D eigenvalue weighted by atomic mass is 10.1. The van der Waals surface area contributed by atoms with E-state index in [0.29, 0.717) is 5.95 Å². The number of ether oxygens (including phenoxy) is 1. The topological polar surface area (TPSA) is 53.5 Å². The molecule has 1 aliphatic heterocycles. The van der Waals surface area contributed by atoms with Crippen molar-refractivity contribution in [3.8, 4) is 17.0 Å². The van der Waals surface area contributed by atoms with E-state index in [2.05, 4.69) is 40.2 Å². The van der Waals surface area contributed by atoms with E-state index in [4.69, 9.17) is 14.7 Å². The lowest BCUT2D eigenvalue weighted by Crippen LogP contribution is -2.46. The zero-order chi connectivity index (χ0) is 20.1. The number of aromatic nitrogens is 2. The first kappa shape index (κ1) is 19.2. The number of hydrogen-bond donors (Lipinski definition) is 1. The molecule has 4 rings (SSSR count). The standard InChI is InChI=1S/C23H27N5O/c1-3-27-13-15-28(16-14-27)22-17-21(18-7-5-4-6-8-18)25-23(26-22)24-19-9-11-20(29-2)12-10-19/h4-12,17H,3,13-16H2,1-2H3,(H,24,25,26). The van der Waals surface area contributed by atoms with Crippen LogP contribution in [0, 0.1) is 0 Å². The fraction of sp³-hybridized carbons (Fsp3) is 0.304. The van der Waals surface area contributed by atoms with E-state index in [-0.39, 0.29) is 0 Å². The van der Waals surface area contributed by atoms with Crippen LogP contribution in [0.1, 0.15) is 6.92 Å². The second-order valence-electron chi connectivity index (χ2n) is 7.08. The fourth-order valence-corrected chi connectivity index (χ4v) is 3.51. The Labute approximate surface area is 172 Å². The smallest absolute Gasteiger partial charge is 0.229 e. The summed E-state index contributed by atoms with van der Waals surface area (Å²) >= 11 is 0. The van der Waals surface area contributed by atoms with Gasteiger partial charge < -0.3 is 19.9 Å². The molecule has 2 heterocycles. The maximum atomic E-state index is 5.24. The molecule has 3 aromatic rings. The molecule has 0 atom stereocenters. The third kappa shape index (κ3) is 4.66. The number of benzene rings is 2. The first-order chi connectivity index (χ1) is 14.2. The van der Waals surface area contributed by atoms with Crippen LogP contribution in [-0.2, 0) is 0 Å². The zero-order valence-electron chi connectivity index (χ0n) is 17.0. The Hall–Kier alpha value is -3.12. The summed E-state index contributed by atoms with van der Waals surface area (Å²) in [5.74, 6) is 2.39. The molecule has 0 amide bonds. The van der Waals surface area contributed by atoms with Crippen LogP contribution in [0.5, 0.6) is 5.75 Å². The maximum Gasteiger partial charge on any atom is 0.229 e. The molecule has 0 aliphatic carbocycles. The Balaban J connectivity index is 1.64. The van der Waals surface area contributed by atoms with Crippen molar-refractivity contribution in [3.05, 3.63) is 60.7 Å². The van der Waals surface area contributed by atoms with Gasteiger partial charge in [-0.1, -0.05) is 37.3 Å². The summed E-state index contributed by atoms with van der Waals surface area (Å²) in [5, 5.41) is 3.35. The van der Waals surface area contributed by atoms with Crippen LogP contribution in [-0.4, -0.2) is 54.7 Å². The monoisotopic (exact) mass is 389 g/mol. The summed E-state index contributed by atoms with van der Waals surface area (Å²) < 4.78 is 5.24. The molecule has 1 N–H and O–H groups in total. The van der Waals surface area contributed by atoms with Gasteiger partial charge in [0.15, 0.2) is 0 Å². The van der Waals surface area contributed by atoms with Crippen molar-refractivity contribution in [2.75, 3.05) is 50.1 Å². The number of anilines is 3. The lowest BCUT2D eigenvalue weighted by Gasteiger charge is -2.35. The van der Waals surface area contributed by atoms with Crippen molar-refractivity contribution in [1.29, 1.82) is 0 Å². The molecule has 1 saturated heterocycles. The molecule has 1 aliphatic rings. The van der Waals surface area contributed by atoms with E-state index in [1.54, 1.807) is 7.11 Å². The van der Waals surface area contributed by atoms with E-state index >= 15 is 0 Å². The van der Waals surface area contributed by atoms with E-state index in [1.165, 1.54) is 0 Å². The SMILES string of the molecule is CCN1CCN(c2cc(-c3ccccc3)nc(Nc3ccc(OC)cc3)n2)CC1. The normalized spacial score (nSPS) is 14.6. The molecule has 0 spiro atoms. The van der Waals surface area contributed by atoms with Crippen LogP contribution < -0.4 is 15.0 Å². The highest BCUT2D eigenvalue weighted by molar-refractivity contribution is 5.66. The van der Waals surface area contributed by atoms with Gasteiger partial charge in [-0.15, -0.1) is 0 Å². The Bertz CT molecular complexity index is 922. The van der Waals surface area contributed by atoms with Gasteiger partial charge in [-0.2, -0.15) is 4.98 Å². The Morgan fingerprint density at radius 1 is 0.931 bits per heavy atom. The Morgan fingerprint density at radius 3 is 2.31 bits per heavy atom. The van der Waals surface area contributed by atoms with Crippen molar-refractivity contribution in [1.82, 2.24) is 14.9 Å². The number of nitrogens with zero attached hydrogens (tertiary/aromatic N) is 4. The van der Waals surface area contributed by atoms with Crippen molar-refractivity contribution >= 4 is 17.5 Å². The van der Waals surface area contributed by atoms with Crippen LogP contribution in [0.15, 0.2) is 60.7 Å². The maximum absolute atomic E-state index is 5.24. The van der Waals surface area contributed by atoms with Crippen molar-refractivity contribution in [2.24, 2.45) is 0 Å². The predicted octanol–water partition coefficient (Wildman–Crippen LogP) is 4.04. The highest BCUT2D eigenvalue weighted by atomic mass is 16.5.